The van der Waals surface area contributed by atoms with Crippen molar-refractivity contribution in [3.05, 3.63) is 123 Å². The molecule has 0 spiro atoms. The number of allylic oxidation sites excluding steroid dienone is 1. The van der Waals surface area contributed by atoms with Crippen molar-refractivity contribution < 1.29 is 33.6 Å². The van der Waals surface area contributed by atoms with Gasteiger partial charge in [-0.15, -0.1) is 0 Å². The quantitative estimate of drug-likeness (QED) is 0.104. The Morgan fingerprint density at radius 3 is 2.39 bits per heavy atom. The summed E-state index contributed by atoms with van der Waals surface area (Å²) in [6.07, 6.45) is 1.47. The molecule has 0 saturated carbocycles. The number of fused-ring (bicyclic) bond motifs is 1. The largest absolute Gasteiger partial charge is 0.491 e. The van der Waals surface area contributed by atoms with E-state index in [0.29, 0.717) is 31.9 Å². The predicted octanol–water partition coefficient (Wildman–Crippen LogP) is 5.59. The first kappa shape index (κ1) is 34.5. The second-order valence-corrected chi connectivity index (χ2v) is 11.9. The minimum absolute atomic E-state index is 0.119. The Morgan fingerprint density at radius 2 is 1.71 bits per heavy atom. The Labute approximate surface area is 283 Å². The van der Waals surface area contributed by atoms with Crippen molar-refractivity contribution >= 4 is 34.8 Å². The van der Waals surface area contributed by atoms with E-state index in [4.69, 9.17) is 18.9 Å². The number of benzene rings is 3. The third-order valence-electron chi connectivity index (χ3n) is 7.23. The number of ether oxygens (including phenoxy) is 4. The number of nitro benzene ring substituents is 2. The maximum Gasteiger partial charge on any atom is 0.338 e. The van der Waals surface area contributed by atoms with E-state index in [2.05, 4.69) is 4.99 Å². The molecule has 5 rings (SSSR count). The lowest BCUT2D eigenvalue weighted by atomic mass is 9.95. The first-order chi connectivity index (χ1) is 23.4. The van der Waals surface area contributed by atoms with Crippen molar-refractivity contribution in [2.45, 2.75) is 46.8 Å². The molecule has 0 unspecified atom stereocenters. The molecule has 0 radical (unpaired) electrons. The van der Waals surface area contributed by atoms with Crippen molar-refractivity contribution in [1.29, 1.82) is 0 Å². The van der Waals surface area contributed by atoms with Crippen molar-refractivity contribution in [1.82, 2.24) is 4.57 Å². The summed E-state index contributed by atoms with van der Waals surface area (Å²) in [6, 6.07) is 14.2. The Kier molecular flexibility index (Phi) is 10.2. The number of aromatic nitrogens is 1. The van der Waals surface area contributed by atoms with Crippen LogP contribution >= 0.6 is 11.3 Å². The van der Waals surface area contributed by atoms with Crippen LogP contribution in [0.1, 0.15) is 51.8 Å². The lowest BCUT2D eigenvalue weighted by Gasteiger charge is -2.26. The predicted molar refractivity (Wildman–Crippen MR) is 180 cm³/mol. The van der Waals surface area contributed by atoms with Crippen LogP contribution in [-0.4, -0.2) is 39.7 Å². The maximum atomic E-state index is 14.2. The van der Waals surface area contributed by atoms with Gasteiger partial charge in [0.2, 0.25) is 5.75 Å². The number of nitro groups is 2. The lowest BCUT2D eigenvalue weighted by Crippen LogP contribution is -2.40. The summed E-state index contributed by atoms with van der Waals surface area (Å²) >= 11 is 1.14. The molecule has 3 aromatic carbocycles. The average Bonchev–Trinajstić information content (AvgIpc) is 3.35. The van der Waals surface area contributed by atoms with Crippen molar-refractivity contribution in [2.24, 2.45) is 4.99 Å². The summed E-state index contributed by atoms with van der Waals surface area (Å²) in [5, 5.41) is 22.8. The first-order valence-electron chi connectivity index (χ1n) is 15.3. The van der Waals surface area contributed by atoms with E-state index >= 15 is 0 Å². The van der Waals surface area contributed by atoms with Crippen LogP contribution in [0, 0.1) is 20.2 Å². The van der Waals surface area contributed by atoms with Crippen molar-refractivity contribution in [3.63, 3.8) is 0 Å². The van der Waals surface area contributed by atoms with E-state index in [9.17, 15) is 29.8 Å². The molecular formula is C34H32N4O10S. The molecule has 1 atom stereocenters. The van der Waals surface area contributed by atoms with Crippen molar-refractivity contribution in [3.8, 4) is 23.0 Å². The zero-order valence-corrected chi connectivity index (χ0v) is 28.0. The molecule has 0 fully saturated rings. The van der Waals surface area contributed by atoms with E-state index < -0.39 is 38.8 Å². The van der Waals surface area contributed by atoms with Gasteiger partial charge >= 0.3 is 11.7 Å². The van der Waals surface area contributed by atoms with E-state index in [-0.39, 0.29) is 42.1 Å². The van der Waals surface area contributed by atoms with Crippen LogP contribution in [-0.2, 0) is 9.53 Å². The molecule has 14 nitrogen and oxygen atoms in total. The fourth-order valence-electron chi connectivity index (χ4n) is 5.24. The second kappa shape index (κ2) is 14.5. The zero-order valence-electron chi connectivity index (χ0n) is 27.2. The van der Waals surface area contributed by atoms with Crippen LogP contribution in [0.5, 0.6) is 23.0 Å². The van der Waals surface area contributed by atoms with E-state index in [1.807, 2.05) is 19.9 Å². The van der Waals surface area contributed by atoms with E-state index in [1.165, 1.54) is 10.6 Å². The van der Waals surface area contributed by atoms with Crippen LogP contribution < -0.4 is 29.1 Å². The molecule has 1 aliphatic rings. The normalized spacial score (nSPS) is 14.2. The number of hydrogen-bond donors (Lipinski definition) is 0. The highest BCUT2D eigenvalue weighted by molar-refractivity contribution is 7.07. The summed E-state index contributed by atoms with van der Waals surface area (Å²) < 4.78 is 24.8. The number of para-hydroxylation sites is 1. The number of hydrogen-bond acceptors (Lipinski definition) is 12. The van der Waals surface area contributed by atoms with Gasteiger partial charge in [-0.3, -0.25) is 29.6 Å². The molecule has 1 aromatic heterocycles. The molecule has 254 valence electrons. The SMILES string of the molecule is CCOC(=O)C1=C(C)N=c2s/c(=C\c3ccc(Oc4ccc([N+](=O)[O-])cc4[N+](=O)[O-])c(OCC)c3)c(=O)n2[C@H]1c1ccccc1OC(C)C. The van der Waals surface area contributed by atoms with Crippen LogP contribution in [0.2, 0.25) is 0 Å². The summed E-state index contributed by atoms with van der Waals surface area (Å²) in [7, 11) is 0. The molecule has 1 aliphatic heterocycles. The number of nitrogens with zero attached hydrogens (tertiary/aromatic N) is 4. The lowest BCUT2D eigenvalue weighted by molar-refractivity contribution is -0.394. The summed E-state index contributed by atoms with van der Waals surface area (Å²) in [5.41, 5.74) is 0.333. The molecule has 15 heteroatoms. The topological polar surface area (TPSA) is 175 Å². The van der Waals surface area contributed by atoms with Crippen LogP contribution in [0.4, 0.5) is 11.4 Å². The Morgan fingerprint density at radius 1 is 0.980 bits per heavy atom. The molecule has 0 saturated heterocycles. The smallest absolute Gasteiger partial charge is 0.338 e. The molecular weight excluding hydrogens is 656 g/mol. The fraction of sp³-hybridized carbons (Fsp3) is 0.265. The molecule has 2 heterocycles. The highest BCUT2D eigenvalue weighted by Crippen LogP contribution is 2.39. The van der Waals surface area contributed by atoms with Gasteiger partial charge in [0.25, 0.3) is 11.2 Å². The minimum atomic E-state index is -0.875. The number of rotatable bonds is 12. The Hall–Kier alpha value is -5.83. The Balaban J connectivity index is 1.61. The summed E-state index contributed by atoms with van der Waals surface area (Å²) in [5.74, 6) is 0.0436. The maximum absolute atomic E-state index is 14.2. The monoisotopic (exact) mass is 688 g/mol. The van der Waals surface area contributed by atoms with Crippen molar-refractivity contribution in [2.75, 3.05) is 13.2 Å². The highest BCUT2D eigenvalue weighted by Gasteiger charge is 2.35. The van der Waals surface area contributed by atoms with Gasteiger partial charge in [-0.05, 0) is 70.5 Å². The Bertz CT molecular complexity index is 2170. The zero-order chi connectivity index (χ0) is 35.4. The van der Waals surface area contributed by atoms with Gasteiger partial charge in [-0.25, -0.2) is 9.79 Å². The van der Waals surface area contributed by atoms with Crippen LogP contribution in [0.3, 0.4) is 0 Å². The summed E-state index contributed by atoms with van der Waals surface area (Å²) in [4.78, 5) is 53.8. The van der Waals surface area contributed by atoms with Crippen LogP contribution in [0.25, 0.3) is 6.08 Å². The number of thiazole rings is 1. The molecule has 0 amide bonds. The van der Waals surface area contributed by atoms with E-state index in [0.717, 1.165) is 29.5 Å². The van der Waals surface area contributed by atoms with Gasteiger partial charge in [0.15, 0.2) is 16.3 Å². The standard InChI is InChI=1S/C34H32N4O10S/c1-6-45-28-16-21(12-14-27(28)48-26-15-13-22(37(41)42)18-24(26)38(43)44)17-29-32(39)36-31(23-10-8-9-11-25(23)47-19(3)4)30(33(40)46-7-2)20(5)35-34(36)49-29/h8-19,31H,6-7H2,1-5H3/b29-17-/t31-/m0/s1. The van der Waals surface area contributed by atoms with Gasteiger partial charge in [0.05, 0.1) is 51.0 Å². The fourth-order valence-corrected chi connectivity index (χ4v) is 6.29. The average molecular weight is 689 g/mol. The molecule has 0 bridgehead atoms. The number of carbonyl (C=O) groups excluding carboxylic acids is 1. The molecule has 0 aliphatic carbocycles. The third kappa shape index (κ3) is 7.21. The number of non-ortho nitro benzene ring substituents is 1. The van der Waals surface area contributed by atoms with Gasteiger partial charge in [0.1, 0.15) is 11.8 Å². The van der Waals surface area contributed by atoms with Gasteiger partial charge in [0, 0.05) is 11.6 Å². The van der Waals surface area contributed by atoms with Crippen LogP contribution in [0.15, 0.2) is 81.7 Å². The molecule has 0 N–H and O–H groups in total. The molecule has 4 aromatic rings. The number of esters is 1. The third-order valence-corrected chi connectivity index (χ3v) is 8.21. The van der Waals surface area contributed by atoms with Gasteiger partial charge < -0.3 is 18.9 Å². The van der Waals surface area contributed by atoms with Gasteiger partial charge in [-0.1, -0.05) is 35.6 Å². The summed E-state index contributed by atoms with van der Waals surface area (Å²) in [6.45, 7) is 9.27. The molecule has 49 heavy (non-hydrogen) atoms. The minimum Gasteiger partial charge on any atom is -0.491 e. The number of carbonyl (C=O) groups is 1. The van der Waals surface area contributed by atoms with Gasteiger partial charge in [-0.2, -0.15) is 0 Å². The highest BCUT2D eigenvalue weighted by atomic mass is 32.1. The van der Waals surface area contributed by atoms with E-state index in [1.54, 1.807) is 57.2 Å². The first-order valence-corrected chi connectivity index (χ1v) is 16.1. The second-order valence-electron chi connectivity index (χ2n) is 10.9.